The molecule has 0 aromatic heterocycles. The van der Waals surface area contributed by atoms with Gasteiger partial charge in [0.15, 0.2) is 0 Å². The first-order chi connectivity index (χ1) is 11.9. The van der Waals surface area contributed by atoms with E-state index in [2.05, 4.69) is 0 Å². The zero-order chi connectivity index (χ0) is 20.1. The van der Waals surface area contributed by atoms with E-state index >= 15 is 0 Å². The van der Waals surface area contributed by atoms with E-state index in [4.69, 9.17) is 10.2 Å². The summed E-state index contributed by atoms with van der Waals surface area (Å²) >= 11 is 0. The number of carboxylic acids is 2. The van der Waals surface area contributed by atoms with E-state index in [9.17, 15) is 19.8 Å². The summed E-state index contributed by atoms with van der Waals surface area (Å²) in [7, 11) is 0. The molecule has 0 atom stereocenters. The van der Waals surface area contributed by atoms with Gasteiger partial charge in [0, 0.05) is 24.0 Å². The number of carbonyl (C=O) groups is 2. The lowest BCUT2D eigenvalue weighted by atomic mass is 9.75. The van der Waals surface area contributed by atoms with E-state index in [0.717, 1.165) is 0 Å². The zero-order valence-electron chi connectivity index (χ0n) is 16.0. The fraction of sp³-hybridized carbons (Fsp3) is 0.600. The molecule has 0 aliphatic rings. The smallest absolute Gasteiger partial charge is 0.303 e. The van der Waals surface area contributed by atoms with Crippen LogP contribution in [0.4, 0.5) is 0 Å². The molecule has 0 saturated carbocycles. The summed E-state index contributed by atoms with van der Waals surface area (Å²) in [5.74, 6) is -1.59. The third-order valence-electron chi connectivity index (χ3n) is 4.96. The summed E-state index contributed by atoms with van der Waals surface area (Å²) < 4.78 is 0. The van der Waals surface area contributed by atoms with Crippen molar-refractivity contribution in [3.05, 3.63) is 23.3 Å². The normalized spacial score (nSPS) is 12.2. The van der Waals surface area contributed by atoms with Gasteiger partial charge in [0.2, 0.25) is 0 Å². The van der Waals surface area contributed by atoms with Gasteiger partial charge in [-0.25, -0.2) is 0 Å². The quantitative estimate of drug-likeness (QED) is 0.462. The zero-order valence-corrected chi connectivity index (χ0v) is 16.0. The van der Waals surface area contributed by atoms with Crippen molar-refractivity contribution >= 4 is 11.9 Å². The van der Waals surface area contributed by atoms with Gasteiger partial charge in [-0.15, -0.1) is 0 Å². The number of phenolic OH excluding ortho intramolecular Hbond substituents is 2. The second kappa shape index (κ2) is 8.43. The largest absolute Gasteiger partial charge is 0.508 e. The topological polar surface area (TPSA) is 115 Å². The minimum absolute atomic E-state index is 0.0597. The predicted octanol–water partition coefficient (Wildman–Crippen LogP) is 4.16. The van der Waals surface area contributed by atoms with E-state index < -0.39 is 22.8 Å². The first-order valence-corrected chi connectivity index (χ1v) is 8.87. The molecular weight excluding hydrogens is 336 g/mol. The average molecular weight is 366 g/mol. The van der Waals surface area contributed by atoms with Gasteiger partial charge in [-0.1, -0.05) is 27.7 Å². The van der Waals surface area contributed by atoms with Crippen LogP contribution in [0.5, 0.6) is 11.5 Å². The average Bonchev–Trinajstić information content (AvgIpc) is 2.47. The van der Waals surface area contributed by atoms with Crippen LogP contribution in [0, 0.1) is 0 Å². The van der Waals surface area contributed by atoms with Crippen LogP contribution in [0.2, 0.25) is 0 Å². The molecule has 0 unspecified atom stereocenters. The lowest BCUT2D eigenvalue weighted by molar-refractivity contribution is -0.138. The molecule has 0 heterocycles. The molecule has 0 saturated heterocycles. The van der Waals surface area contributed by atoms with Gasteiger partial charge in [0.1, 0.15) is 11.5 Å². The summed E-state index contributed by atoms with van der Waals surface area (Å²) in [6.45, 7) is 7.62. The number of aromatic hydroxyl groups is 2. The van der Waals surface area contributed by atoms with Gasteiger partial charge in [0.05, 0.1) is 0 Å². The fourth-order valence-corrected chi connectivity index (χ4v) is 3.29. The van der Waals surface area contributed by atoms with E-state index in [1.165, 1.54) is 0 Å². The third kappa shape index (κ3) is 5.93. The number of benzene rings is 1. The maximum atomic E-state index is 10.7. The minimum atomic E-state index is -0.855. The van der Waals surface area contributed by atoms with Gasteiger partial charge in [-0.2, -0.15) is 0 Å². The number of hydrogen-bond donors (Lipinski definition) is 4. The van der Waals surface area contributed by atoms with Crippen molar-refractivity contribution in [2.75, 3.05) is 0 Å². The molecule has 1 aromatic rings. The molecule has 6 nitrogen and oxygen atoms in total. The SMILES string of the molecule is CC(C)(CCCC(=O)O)c1cc(O)c(C(C)(C)CCCC(=O)O)cc1O. The number of phenols is 2. The Morgan fingerprint density at radius 3 is 1.35 bits per heavy atom. The Kier molecular flexibility index (Phi) is 7.07. The molecule has 4 N–H and O–H groups in total. The van der Waals surface area contributed by atoms with Crippen LogP contribution in [-0.2, 0) is 20.4 Å². The Bertz CT molecular complexity index is 603. The molecule has 1 aromatic carbocycles. The molecule has 6 heteroatoms. The lowest BCUT2D eigenvalue weighted by Gasteiger charge is -2.30. The van der Waals surface area contributed by atoms with Gasteiger partial charge >= 0.3 is 11.9 Å². The number of carboxylic acid groups (broad SMARTS) is 2. The summed E-state index contributed by atoms with van der Waals surface area (Å²) in [5.41, 5.74) is 0.183. The molecule has 26 heavy (non-hydrogen) atoms. The van der Waals surface area contributed by atoms with Crippen LogP contribution in [0.15, 0.2) is 12.1 Å². The van der Waals surface area contributed by atoms with Crippen molar-refractivity contribution in [3.8, 4) is 11.5 Å². The van der Waals surface area contributed by atoms with Crippen LogP contribution in [0.3, 0.4) is 0 Å². The Morgan fingerprint density at radius 1 is 0.769 bits per heavy atom. The summed E-state index contributed by atoms with van der Waals surface area (Å²) in [6.07, 6.45) is 2.20. The standard InChI is InChI=1S/C20H30O6/c1-19(2,9-5-7-17(23)24)13-11-16(22)14(12-15(13)21)20(3,4)10-6-8-18(25)26/h11-12,21-22H,5-10H2,1-4H3,(H,23,24)(H,25,26). The highest BCUT2D eigenvalue weighted by Gasteiger charge is 2.30. The molecule has 0 bridgehead atoms. The highest BCUT2D eigenvalue weighted by Crippen LogP contribution is 2.43. The van der Waals surface area contributed by atoms with Crippen LogP contribution >= 0.6 is 0 Å². The van der Waals surface area contributed by atoms with Crippen LogP contribution < -0.4 is 0 Å². The van der Waals surface area contributed by atoms with Crippen molar-refractivity contribution in [1.29, 1.82) is 0 Å². The molecule has 0 aliphatic heterocycles. The van der Waals surface area contributed by atoms with Crippen LogP contribution in [0.1, 0.15) is 77.3 Å². The minimum Gasteiger partial charge on any atom is -0.508 e. The van der Waals surface area contributed by atoms with Crippen molar-refractivity contribution in [2.24, 2.45) is 0 Å². The Hall–Kier alpha value is -2.24. The second-order valence-corrected chi connectivity index (χ2v) is 8.15. The molecule has 0 fully saturated rings. The fourth-order valence-electron chi connectivity index (χ4n) is 3.29. The number of aliphatic carboxylic acids is 2. The highest BCUT2D eigenvalue weighted by atomic mass is 16.4. The second-order valence-electron chi connectivity index (χ2n) is 8.15. The van der Waals surface area contributed by atoms with E-state index in [0.29, 0.717) is 36.8 Å². The number of hydrogen-bond acceptors (Lipinski definition) is 4. The molecule has 146 valence electrons. The van der Waals surface area contributed by atoms with E-state index in [1.54, 1.807) is 12.1 Å². The molecule has 0 aliphatic carbocycles. The van der Waals surface area contributed by atoms with Gasteiger partial charge in [-0.05, 0) is 48.6 Å². The van der Waals surface area contributed by atoms with Crippen molar-refractivity contribution in [1.82, 2.24) is 0 Å². The maximum Gasteiger partial charge on any atom is 0.303 e. The Labute approximate surface area is 154 Å². The molecule has 0 spiro atoms. The highest BCUT2D eigenvalue weighted by molar-refractivity contribution is 5.67. The van der Waals surface area contributed by atoms with Gasteiger partial charge < -0.3 is 20.4 Å². The van der Waals surface area contributed by atoms with Crippen LogP contribution in [-0.4, -0.2) is 32.4 Å². The van der Waals surface area contributed by atoms with Crippen LogP contribution in [0.25, 0.3) is 0 Å². The third-order valence-corrected chi connectivity index (χ3v) is 4.96. The predicted molar refractivity (Wildman–Crippen MR) is 98.8 cm³/mol. The summed E-state index contributed by atoms with van der Waals surface area (Å²) in [5, 5.41) is 38.6. The Balaban J connectivity index is 3.02. The summed E-state index contributed by atoms with van der Waals surface area (Å²) in [6, 6.07) is 3.09. The molecule has 1 rings (SSSR count). The molecule has 0 radical (unpaired) electrons. The summed E-state index contributed by atoms with van der Waals surface area (Å²) in [4.78, 5) is 21.4. The van der Waals surface area contributed by atoms with Crippen molar-refractivity contribution < 1.29 is 30.0 Å². The first-order valence-electron chi connectivity index (χ1n) is 8.87. The van der Waals surface area contributed by atoms with Gasteiger partial charge in [0.25, 0.3) is 0 Å². The molecular formula is C20H30O6. The lowest BCUT2D eigenvalue weighted by Crippen LogP contribution is -2.21. The van der Waals surface area contributed by atoms with E-state index in [1.807, 2.05) is 27.7 Å². The number of rotatable bonds is 10. The Morgan fingerprint density at radius 2 is 1.08 bits per heavy atom. The monoisotopic (exact) mass is 366 g/mol. The van der Waals surface area contributed by atoms with Gasteiger partial charge in [-0.3, -0.25) is 9.59 Å². The van der Waals surface area contributed by atoms with Crippen molar-refractivity contribution in [2.45, 2.75) is 77.0 Å². The van der Waals surface area contributed by atoms with Crippen molar-refractivity contribution in [3.63, 3.8) is 0 Å². The maximum absolute atomic E-state index is 10.7. The first kappa shape index (κ1) is 21.8. The van der Waals surface area contributed by atoms with E-state index in [-0.39, 0.29) is 24.3 Å². The molecule has 0 amide bonds.